The molecule has 4 atom stereocenters. The van der Waals surface area contributed by atoms with Crippen LogP contribution in [0.25, 0.3) is 11.0 Å². The van der Waals surface area contributed by atoms with Crippen LogP contribution in [0.1, 0.15) is 18.5 Å². The highest BCUT2D eigenvalue weighted by Gasteiger charge is 2.43. The number of aliphatic hydroxyl groups is 2. The third-order valence-electron chi connectivity index (χ3n) is 4.81. The van der Waals surface area contributed by atoms with Crippen molar-refractivity contribution in [2.24, 2.45) is 7.05 Å². The minimum Gasteiger partial charge on any atom is -0.388 e. The lowest BCUT2D eigenvalue weighted by Crippen LogP contribution is -2.32. The smallest absolute Gasteiger partial charge is 0.262 e. The number of fused-ring (bicyclic) bond motifs is 1. The predicted octanol–water partition coefficient (Wildman–Crippen LogP) is 0.762. The van der Waals surface area contributed by atoms with Crippen molar-refractivity contribution in [3.63, 3.8) is 0 Å². The zero-order valence-electron chi connectivity index (χ0n) is 15.1. The molecule has 2 aromatic heterocycles. The molecule has 25 heavy (non-hydrogen) atoms. The fraction of sp³-hybridized carbons (Fsp3) is 0.588. The zero-order chi connectivity index (χ0) is 18.5. The number of aliphatic hydroxyl groups excluding tert-OH is 2. The summed E-state index contributed by atoms with van der Waals surface area (Å²) in [4.78, 5) is 16.8. The number of nitrogens with zero attached hydrogens (tertiary/aromatic N) is 3. The molecule has 2 N–H and O–H groups in total. The molecule has 1 aliphatic rings. The second-order valence-corrected chi connectivity index (χ2v) is 11.8. The fourth-order valence-corrected chi connectivity index (χ4v) is 4.11. The number of aryl methyl sites for hydroxylation is 1. The van der Waals surface area contributed by atoms with Gasteiger partial charge in [-0.3, -0.25) is 9.36 Å². The summed E-state index contributed by atoms with van der Waals surface area (Å²) in [5, 5.41) is 21.3. The fourth-order valence-electron chi connectivity index (χ4n) is 3.16. The molecule has 3 heterocycles. The molecule has 0 spiro atoms. The molecule has 1 saturated heterocycles. The van der Waals surface area contributed by atoms with Crippen molar-refractivity contribution in [1.82, 2.24) is 14.1 Å². The van der Waals surface area contributed by atoms with Gasteiger partial charge in [-0.05, 0) is 38.9 Å². The Bertz CT molecular complexity index is 897. The molecular formula is C17H26N3O4P. The molecule has 0 saturated carbocycles. The number of rotatable bonds is 4. The maximum Gasteiger partial charge on any atom is 0.262 e. The second kappa shape index (κ2) is 6.40. The van der Waals surface area contributed by atoms with Crippen LogP contribution in [0.4, 0.5) is 0 Å². The van der Waals surface area contributed by atoms with E-state index in [0.717, 1.165) is 6.16 Å². The first kappa shape index (κ1) is 18.4. The molecule has 0 amide bonds. The van der Waals surface area contributed by atoms with Crippen LogP contribution in [0.3, 0.4) is 0 Å². The van der Waals surface area contributed by atoms with E-state index in [2.05, 4.69) is 24.6 Å². The average Bonchev–Trinajstić information content (AvgIpc) is 3.05. The van der Waals surface area contributed by atoms with Gasteiger partial charge in [0.15, 0.2) is 6.23 Å². The van der Waals surface area contributed by atoms with E-state index in [4.69, 9.17) is 4.74 Å². The van der Waals surface area contributed by atoms with Gasteiger partial charge in [-0.2, -0.15) is 0 Å². The van der Waals surface area contributed by atoms with E-state index in [1.165, 1.54) is 4.57 Å². The summed E-state index contributed by atoms with van der Waals surface area (Å²) in [6.45, 7) is 4.77. The Morgan fingerprint density at radius 3 is 2.68 bits per heavy atom. The molecule has 0 bridgehead atoms. The van der Waals surface area contributed by atoms with E-state index >= 15 is 0 Å². The normalized spacial score (nSPS) is 27.3. The standard InChI is InChI=1S/C17H26N3O4P/c1-10-18-15-11(16(23)19(10)2)6-8-20(15)17-14(22)13(21)12(24-17)7-9-25(3,4)5/h6,8,12-14,17,21-22H,3,7,9H2,1-2,4-5H3/t12-,13-,14-,17-/m1/s1. The molecule has 0 radical (unpaired) electrons. The topological polar surface area (TPSA) is 89.5 Å². The summed E-state index contributed by atoms with van der Waals surface area (Å²) in [7, 11) is 1.67. The Kier molecular flexibility index (Phi) is 4.71. The monoisotopic (exact) mass is 367 g/mol. The van der Waals surface area contributed by atoms with E-state index < -0.39 is 31.4 Å². The summed E-state index contributed by atoms with van der Waals surface area (Å²) in [5.74, 6) is 0.575. The highest BCUT2D eigenvalue weighted by atomic mass is 31.2. The quantitative estimate of drug-likeness (QED) is 0.779. The van der Waals surface area contributed by atoms with Gasteiger partial charge in [0, 0.05) is 13.2 Å². The van der Waals surface area contributed by atoms with Crippen molar-refractivity contribution >= 4 is 24.2 Å². The lowest BCUT2D eigenvalue weighted by Gasteiger charge is -2.19. The van der Waals surface area contributed by atoms with Gasteiger partial charge in [0.05, 0.1) is 11.5 Å². The lowest BCUT2D eigenvalue weighted by atomic mass is 10.1. The molecular weight excluding hydrogens is 341 g/mol. The third kappa shape index (κ3) is 3.34. The Morgan fingerprint density at radius 1 is 1.36 bits per heavy atom. The SMILES string of the molecule is C=P(C)(C)CC[C@H]1O[C@@H](n2ccc3c(=O)n(C)c(C)nc32)[C@H](O)[C@@H]1O. The molecule has 0 aromatic carbocycles. The summed E-state index contributed by atoms with van der Waals surface area (Å²) < 4.78 is 9.07. The first-order chi connectivity index (χ1) is 11.6. The van der Waals surface area contributed by atoms with Crippen LogP contribution >= 0.6 is 6.89 Å². The van der Waals surface area contributed by atoms with Gasteiger partial charge in [0.2, 0.25) is 0 Å². The number of aromatic nitrogens is 3. The molecule has 2 aromatic rings. The van der Waals surface area contributed by atoms with E-state index in [-0.39, 0.29) is 5.56 Å². The molecule has 0 aliphatic carbocycles. The maximum atomic E-state index is 12.4. The summed E-state index contributed by atoms with van der Waals surface area (Å²) in [5.41, 5.74) is 0.317. The van der Waals surface area contributed by atoms with Crippen LogP contribution in [-0.2, 0) is 11.8 Å². The predicted molar refractivity (Wildman–Crippen MR) is 101 cm³/mol. The average molecular weight is 367 g/mol. The van der Waals surface area contributed by atoms with Gasteiger partial charge in [0.1, 0.15) is 23.7 Å². The first-order valence-electron chi connectivity index (χ1n) is 8.33. The van der Waals surface area contributed by atoms with Crippen LogP contribution in [0.2, 0.25) is 0 Å². The van der Waals surface area contributed by atoms with Crippen LogP contribution < -0.4 is 5.56 Å². The summed E-state index contributed by atoms with van der Waals surface area (Å²) >= 11 is 0. The van der Waals surface area contributed by atoms with Gasteiger partial charge in [-0.15, -0.1) is 13.2 Å². The molecule has 138 valence electrons. The van der Waals surface area contributed by atoms with Crippen molar-refractivity contribution < 1.29 is 14.9 Å². The molecule has 0 unspecified atom stereocenters. The Hall–Kier alpha value is -1.40. The van der Waals surface area contributed by atoms with Gasteiger partial charge in [-0.25, -0.2) is 4.98 Å². The second-order valence-electron chi connectivity index (χ2n) is 7.48. The van der Waals surface area contributed by atoms with Crippen molar-refractivity contribution in [2.75, 3.05) is 19.5 Å². The van der Waals surface area contributed by atoms with E-state index in [1.54, 1.807) is 30.8 Å². The zero-order valence-corrected chi connectivity index (χ0v) is 16.0. The van der Waals surface area contributed by atoms with E-state index in [1.807, 2.05) is 0 Å². The van der Waals surface area contributed by atoms with Gasteiger partial charge in [-0.1, -0.05) is 0 Å². The van der Waals surface area contributed by atoms with Crippen molar-refractivity contribution in [1.29, 1.82) is 0 Å². The molecule has 3 rings (SSSR count). The largest absolute Gasteiger partial charge is 0.388 e. The molecule has 1 aliphatic heterocycles. The van der Waals surface area contributed by atoms with Crippen LogP contribution in [0.15, 0.2) is 17.1 Å². The van der Waals surface area contributed by atoms with Crippen molar-refractivity contribution in [3.05, 3.63) is 28.4 Å². The Labute approximate surface area is 146 Å². The van der Waals surface area contributed by atoms with Crippen LogP contribution in [0, 0.1) is 6.92 Å². The summed E-state index contributed by atoms with van der Waals surface area (Å²) in [6.07, 6.45) is 4.12. The maximum absolute atomic E-state index is 12.4. The number of hydrogen-bond acceptors (Lipinski definition) is 5. The van der Waals surface area contributed by atoms with Gasteiger partial charge in [0.25, 0.3) is 5.56 Å². The Morgan fingerprint density at radius 2 is 2.04 bits per heavy atom. The third-order valence-corrected chi connectivity index (χ3v) is 6.27. The minimum absolute atomic E-state index is 0.144. The van der Waals surface area contributed by atoms with E-state index in [9.17, 15) is 15.0 Å². The molecule has 7 nitrogen and oxygen atoms in total. The number of ether oxygens (including phenoxy) is 1. The minimum atomic E-state index is -1.24. The van der Waals surface area contributed by atoms with Crippen molar-refractivity contribution in [3.8, 4) is 0 Å². The first-order valence-corrected chi connectivity index (χ1v) is 11.4. The van der Waals surface area contributed by atoms with Crippen LogP contribution in [-0.4, -0.2) is 68.4 Å². The highest BCUT2D eigenvalue weighted by molar-refractivity contribution is 7.72. The summed E-state index contributed by atoms with van der Waals surface area (Å²) in [6, 6.07) is 1.67. The molecule has 1 fully saturated rings. The lowest BCUT2D eigenvalue weighted by molar-refractivity contribution is -0.0350. The van der Waals surface area contributed by atoms with Crippen molar-refractivity contribution in [2.45, 2.75) is 37.9 Å². The Balaban J connectivity index is 1.93. The van der Waals surface area contributed by atoms with Gasteiger partial charge >= 0.3 is 0 Å². The number of hydrogen-bond donors (Lipinski definition) is 2. The van der Waals surface area contributed by atoms with E-state index in [0.29, 0.717) is 23.3 Å². The van der Waals surface area contributed by atoms with Gasteiger partial charge < -0.3 is 19.5 Å². The van der Waals surface area contributed by atoms with Crippen LogP contribution in [0.5, 0.6) is 0 Å². The highest BCUT2D eigenvalue weighted by Crippen LogP contribution is 2.39. The molecule has 8 heteroatoms.